The molecule has 0 saturated carbocycles. The topological polar surface area (TPSA) is 104 Å². The maximum absolute atomic E-state index is 12.1. The molecule has 2 amide bonds. The smallest absolute Gasteiger partial charge is 0.306 e. The van der Waals surface area contributed by atoms with Crippen LogP contribution in [0.1, 0.15) is 38.5 Å². The Morgan fingerprint density at radius 1 is 1.05 bits per heavy atom. The summed E-state index contributed by atoms with van der Waals surface area (Å²) in [6.07, 6.45) is 2.38. The van der Waals surface area contributed by atoms with E-state index in [1.165, 1.54) is 0 Å². The average molecular weight is 294 g/mol. The Bertz CT molecular complexity index is 494. The molecular formula is C14H16NO6-. The van der Waals surface area contributed by atoms with Gasteiger partial charge in [0.15, 0.2) is 0 Å². The van der Waals surface area contributed by atoms with Gasteiger partial charge in [0.05, 0.1) is 13.0 Å². The molecule has 7 nitrogen and oxygen atoms in total. The first-order chi connectivity index (χ1) is 10.0. The number of aliphatic carboxylic acids is 1. The lowest BCUT2D eigenvalue weighted by Crippen LogP contribution is -2.35. The molecule has 2 aliphatic rings. The standard InChI is InChI=1S/C14H17NO6/c16-11(17)5-6-12(18)21-8-7-15-13(19)9-3-1-2-4-10(9)14(15)20/h1-8H2,(H,16,17)/p-1. The van der Waals surface area contributed by atoms with Crippen molar-refractivity contribution in [1.29, 1.82) is 0 Å². The molecule has 7 heteroatoms. The molecule has 0 unspecified atom stereocenters. The van der Waals surface area contributed by atoms with E-state index in [1.807, 2.05) is 0 Å². The molecule has 0 N–H and O–H groups in total. The molecule has 1 aliphatic carbocycles. The Balaban J connectivity index is 1.80. The number of carbonyl (C=O) groups excluding carboxylic acids is 4. The molecule has 0 bridgehead atoms. The fraction of sp³-hybridized carbons (Fsp3) is 0.571. The van der Waals surface area contributed by atoms with E-state index in [4.69, 9.17) is 4.74 Å². The highest BCUT2D eigenvalue weighted by Crippen LogP contribution is 2.32. The first kappa shape index (κ1) is 15.2. The number of amides is 2. The number of carbonyl (C=O) groups is 4. The second-order valence-electron chi connectivity index (χ2n) is 5.02. The fourth-order valence-corrected chi connectivity index (χ4v) is 2.53. The average Bonchev–Trinajstić information content (AvgIpc) is 2.70. The number of imide groups is 1. The lowest BCUT2D eigenvalue weighted by molar-refractivity contribution is -0.305. The van der Waals surface area contributed by atoms with Gasteiger partial charge in [0.2, 0.25) is 0 Å². The molecule has 0 aromatic rings. The first-order valence-corrected chi connectivity index (χ1v) is 6.94. The highest BCUT2D eigenvalue weighted by molar-refractivity contribution is 6.19. The Morgan fingerprint density at radius 2 is 1.62 bits per heavy atom. The molecule has 0 aromatic heterocycles. The number of nitrogens with zero attached hydrogens (tertiary/aromatic N) is 1. The van der Waals surface area contributed by atoms with Crippen molar-refractivity contribution >= 4 is 23.8 Å². The van der Waals surface area contributed by atoms with E-state index in [1.54, 1.807) is 0 Å². The number of carboxylic acid groups (broad SMARTS) is 1. The van der Waals surface area contributed by atoms with Gasteiger partial charge in [0.1, 0.15) is 6.61 Å². The van der Waals surface area contributed by atoms with Gasteiger partial charge in [-0.05, 0) is 32.1 Å². The summed E-state index contributed by atoms with van der Waals surface area (Å²) in [7, 11) is 0. The van der Waals surface area contributed by atoms with Crippen LogP contribution in [0.3, 0.4) is 0 Å². The zero-order chi connectivity index (χ0) is 15.4. The molecule has 114 valence electrons. The summed E-state index contributed by atoms with van der Waals surface area (Å²) in [4.78, 5) is 46.6. The molecular weight excluding hydrogens is 278 g/mol. The maximum atomic E-state index is 12.1. The zero-order valence-corrected chi connectivity index (χ0v) is 11.6. The van der Waals surface area contributed by atoms with Gasteiger partial charge in [0.25, 0.3) is 11.8 Å². The third-order valence-electron chi connectivity index (χ3n) is 3.59. The fourth-order valence-electron chi connectivity index (χ4n) is 2.53. The number of hydrogen-bond donors (Lipinski definition) is 0. The van der Waals surface area contributed by atoms with Gasteiger partial charge in [-0.25, -0.2) is 0 Å². The Morgan fingerprint density at radius 3 is 2.14 bits per heavy atom. The summed E-state index contributed by atoms with van der Waals surface area (Å²) in [5.74, 6) is -2.59. The second-order valence-corrected chi connectivity index (χ2v) is 5.02. The summed E-state index contributed by atoms with van der Waals surface area (Å²) < 4.78 is 4.81. The SMILES string of the molecule is O=C([O-])CCC(=O)OCCN1C(=O)C2=C(CCCC2)C1=O. The summed E-state index contributed by atoms with van der Waals surface area (Å²) in [5, 5.41) is 10.2. The zero-order valence-electron chi connectivity index (χ0n) is 11.6. The van der Waals surface area contributed by atoms with Crippen molar-refractivity contribution in [2.45, 2.75) is 38.5 Å². The summed E-state index contributed by atoms with van der Waals surface area (Å²) >= 11 is 0. The van der Waals surface area contributed by atoms with E-state index in [0.29, 0.717) is 24.0 Å². The quantitative estimate of drug-likeness (QED) is 0.474. The van der Waals surface area contributed by atoms with Crippen molar-refractivity contribution in [1.82, 2.24) is 4.90 Å². The van der Waals surface area contributed by atoms with Crippen LogP contribution in [0.5, 0.6) is 0 Å². The molecule has 2 rings (SSSR count). The minimum Gasteiger partial charge on any atom is -0.550 e. The van der Waals surface area contributed by atoms with Crippen molar-refractivity contribution in [2.75, 3.05) is 13.2 Å². The van der Waals surface area contributed by atoms with E-state index >= 15 is 0 Å². The van der Waals surface area contributed by atoms with Gasteiger partial charge in [0, 0.05) is 17.1 Å². The van der Waals surface area contributed by atoms with Crippen LogP contribution >= 0.6 is 0 Å². The van der Waals surface area contributed by atoms with Crippen molar-refractivity contribution in [3.63, 3.8) is 0 Å². The van der Waals surface area contributed by atoms with Crippen LogP contribution in [0, 0.1) is 0 Å². The normalized spacial score (nSPS) is 18.0. The molecule has 0 fully saturated rings. The van der Waals surface area contributed by atoms with Crippen LogP contribution in [-0.2, 0) is 23.9 Å². The van der Waals surface area contributed by atoms with Crippen LogP contribution in [-0.4, -0.2) is 41.8 Å². The highest BCUT2D eigenvalue weighted by atomic mass is 16.5. The molecule has 0 aromatic carbocycles. The maximum Gasteiger partial charge on any atom is 0.306 e. The summed E-state index contributed by atoms with van der Waals surface area (Å²) in [6.45, 7) is -0.119. The number of hydrogen-bond acceptors (Lipinski definition) is 6. The van der Waals surface area contributed by atoms with Crippen LogP contribution in [0.2, 0.25) is 0 Å². The van der Waals surface area contributed by atoms with Crippen molar-refractivity contribution in [3.05, 3.63) is 11.1 Å². The van der Waals surface area contributed by atoms with Crippen LogP contribution in [0.15, 0.2) is 11.1 Å². The largest absolute Gasteiger partial charge is 0.550 e. The van der Waals surface area contributed by atoms with E-state index in [-0.39, 0.29) is 31.4 Å². The highest BCUT2D eigenvalue weighted by Gasteiger charge is 2.38. The first-order valence-electron chi connectivity index (χ1n) is 6.94. The number of rotatable bonds is 6. The monoisotopic (exact) mass is 294 g/mol. The molecule has 0 saturated heterocycles. The third kappa shape index (κ3) is 3.48. The van der Waals surface area contributed by atoms with Crippen LogP contribution in [0.25, 0.3) is 0 Å². The number of carboxylic acids is 1. The predicted molar refractivity (Wildman–Crippen MR) is 67.4 cm³/mol. The van der Waals surface area contributed by atoms with Gasteiger partial charge in [-0.1, -0.05) is 0 Å². The number of esters is 1. The molecule has 1 aliphatic heterocycles. The predicted octanol–water partition coefficient (Wildman–Crippen LogP) is -0.701. The van der Waals surface area contributed by atoms with E-state index in [2.05, 4.69) is 0 Å². The van der Waals surface area contributed by atoms with Gasteiger partial charge < -0.3 is 14.6 Å². The van der Waals surface area contributed by atoms with Crippen LogP contribution in [0.4, 0.5) is 0 Å². The molecule has 1 heterocycles. The minimum absolute atomic E-state index is 0.00171. The Hall–Kier alpha value is -2.18. The molecule has 0 atom stereocenters. The van der Waals surface area contributed by atoms with Crippen molar-refractivity contribution < 1.29 is 29.0 Å². The van der Waals surface area contributed by atoms with E-state index in [0.717, 1.165) is 17.7 Å². The summed E-state index contributed by atoms with van der Waals surface area (Å²) in [5.41, 5.74) is 1.18. The van der Waals surface area contributed by atoms with Crippen molar-refractivity contribution in [3.8, 4) is 0 Å². The van der Waals surface area contributed by atoms with Gasteiger partial charge in [-0.2, -0.15) is 0 Å². The number of ether oxygens (including phenoxy) is 1. The molecule has 21 heavy (non-hydrogen) atoms. The molecule has 0 spiro atoms. The lowest BCUT2D eigenvalue weighted by atomic mass is 9.93. The van der Waals surface area contributed by atoms with Crippen molar-refractivity contribution in [2.24, 2.45) is 0 Å². The van der Waals surface area contributed by atoms with Gasteiger partial charge in [-0.3, -0.25) is 19.3 Å². The third-order valence-corrected chi connectivity index (χ3v) is 3.59. The second kappa shape index (κ2) is 6.51. The Labute approximate surface area is 121 Å². The lowest BCUT2D eigenvalue weighted by Gasteiger charge is -2.15. The van der Waals surface area contributed by atoms with Crippen LogP contribution < -0.4 is 5.11 Å². The Kier molecular flexibility index (Phi) is 4.72. The molecule has 0 radical (unpaired) electrons. The van der Waals surface area contributed by atoms with E-state index < -0.39 is 18.4 Å². The summed E-state index contributed by atoms with van der Waals surface area (Å²) in [6, 6.07) is 0. The minimum atomic E-state index is -1.33. The van der Waals surface area contributed by atoms with Gasteiger partial charge in [-0.15, -0.1) is 0 Å². The van der Waals surface area contributed by atoms with Gasteiger partial charge >= 0.3 is 5.97 Å². The van der Waals surface area contributed by atoms with E-state index in [9.17, 15) is 24.3 Å².